The van der Waals surface area contributed by atoms with Crippen molar-refractivity contribution in [1.29, 1.82) is 0 Å². The van der Waals surface area contributed by atoms with Crippen molar-refractivity contribution in [2.75, 3.05) is 20.2 Å². The molecule has 1 aromatic heterocycles. The van der Waals surface area contributed by atoms with Crippen molar-refractivity contribution in [2.24, 2.45) is 4.99 Å². The van der Waals surface area contributed by atoms with Gasteiger partial charge in [-0.25, -0.2) is 0 Å². The molecule has 7 nitrogen and oxygen atoms in total. The van der Waals surface area contributed by atoms with Crippen molar-refractivity contribution in [3.8, 4) is 0 Å². The molecule has 0 bridgehead atoms. The minimum atomic E-state index is -0.0985. The average molecular weight is 395 g/mol. The maximum absolute atomic E-state index is 5.72. The fourth-order valence-corrected chi connectivity index (χ4v) is 2.04. The number of halogens is 1. The second-order valence-electron chi connectivity index (χ2n) is 4.92. The summed E-state index contributed by atoms with van der Waals surface area (Å²) in [6.07, 6.45) is 2.19. The molecule has 1 saturated heterocycles. The zero-order valence-corrected chi connectivity index (χ0v) is 14.4. The maximum Gasteiger partial charge on any atom is 0.246 e. The van der Waals surface area contributed by atoms with Gasteiger partial charge in [-0.3, -0.25) is 4.99 Å². The first kappa shape index (κ1) is 17.2. The van der Waals surface area contributed by atoms with E-state index in [1.54, 1.807) is 14.0 Å². The number of nitrogens with one attached hydrogen (secondary N) is 2. The van der Waals surface area contributed by atoms with Crippen molar-refractivity contribution < 1.29 is 9.26 Å². The van der Waals surface area contributed by atoms with Gasteiger partial charge in [-0.05, 0) is 26.7 Å². The summed E-state index contributed by atoms with van der Waals surface area (Å²) in [5.74, 6) is 1.88. The van der Waals surface area contributed by atoms with E-state index in [1.807, 2.05) is 0 Å². The summed E-state index contributed by atoms with van der Waals surface area (Å²) in [6, 6.07) is 0. The van der Waals surface area contributed by atoms with Gasteiger partial charge < -0.3 is 19.9 Å². The number of guanidine groups is 1. The van der Waals surface area contributed by atoms with E-state index in [0.29, 0.717) is 24.2 Å². The largest absolute Gasteiger partial charge is 0.373 e. The molecule has 0 aliphatic carbocycles. The summed E-state index contributed by atoms with van der Waals surface area (Å²) in [5.41, 5.74) is -0.0985. The Morgan fingerprint density at radius 1 is 1.45 bits per heavy atom. The zero-order valence-electron chi connectivity index (χ0n) is 12.1. The van der Waals surface area contributed by atoms with Crippen LogP contribution in [0.2, 0.25) is 0 Å². The van der Waals surface area contributed by atoms with Gasteiger partial charge in [0.1, 0.15) is 0 Å². The molecule has 0 saturated carbocycles. The van der Waals surface area contributed by atoms with Gasteiger partial charge in [-0.1, -0.05) is 5.16 Å². The van der Waals surface area contributed by atoms with Gasteiger partial charge in [-0.15, -0.1) is 24.0 Å². The molecule has 2 N–H and O–H groups in total. The number of aromatic nitrogens is 2. The van der Waals surface area contributed by atoms with Gasteiger partial charge in [0.2, 0.25) is 5.89 Å². The molecule has 0 radical (unpaired) electrons. The lowest BCUT2D eigenvalue weighted by atomic mass is 10.0. The van der Waals surface area contributed by atoms with E-state index in [9.17, 15) is 0 Å². The molecule has 0 aromatic carbocycles. The standard InChI is InChI=1S/C12H21N5O2.HI/c1-9-16-10(19-17-9)7-14-11(13-3)15-8-12(2)5-4-6-18-12;/h4-8H2,1-3H3,(H2,13,14,15);1H. The van der Waals surface area contributed by atoms with Crippen molar-refractivity contribution in [3.05, 3.63) is 11.7 Å². The van der Waals surface area contributed by atoms with Crippen LogP contribution in [0.4, 0.5) is 0 Å². The van der Waals surface area contributed by atoms with Crippen LogP contribution in [0.25, 0.3) is 0 Å². The molecule has 8 heteroatoms. The molecule has 20 heavy (non-hydrogen) atoms. The Morgan fingerprint density at radius 2 is 2.25 bits per heavy atom. The lowest BCUT2D eigenvalue weighted by Gasteiger charge is -2.24. The number of ether oxygens (including phenoxy) is 1. The van der Waals surface area contributed by atoms with E-state index >= 15 is 0 Å². The van der Waals surface area contributed by atoms with E-state index in [1.165, 1.54) is 0 Å². The quantitative estimate of drug-likeness (QED) is 0.453. The van der Waals surface area contributed by atoms with Gasteiger partial charge in [0.15, 0.2) is 11.8 Å². The number of nitrogens with zero attached hydrogens (tertiary/aromatic N) is 3. The first-order valence-electron chi connectivity index (χ1n) is 6.49. The molecule has 114 valence electrons. The molecular formula is C12H22IN5O2. The molecule has 1 aliphatic heterocycles. The highest BCUT2D eigenvalue weighted by atomic mass is 127. The van der Waals surface area contributed by atoms with Crippen LogP contribution in [-0.2, 0) is 11.3 Å². The Kier molecular flexibility index (Phi) is 6.66. The molecule has 0 amide bonds. The van der Waals surface area contributed by atoms with Crippen molar-refractivity contribution >= 4 is 29.9 Å². The summed E-state index contributed by atoms with van der Waals surface area (Å²) in [6.45, 7) is 5.93. The predicted octanol–water partition coefficient (Wildman–Crippen LogP) is 1.23. The molecule has 1 aliphatic rings. The Labute approximate surface area is 136 Å². The first-order valence-corrected chi connectivity index (χ1v) is 6.49. The van der Waals surface area contributed by atoms with Crippen LogP contribution in [0.1, 0.15) is 31.5 Å². The number of hydrogen-bond donors (Lipinski definition) is 2. The number of aliphatic imine (C=N–C) groups is 1. The normalized spacial score (nSPS) is 22.4. The maximum atomic E-state index is 5.72. The van der Waals surface area contributed by atoms with Crippen LogP contribution in [0.5, 0.6) is 0 Å². The van der Waals surface area contributed by atoms with Gasteiger partial charge in [0.05, 0.1) is 12.1 Å². The third-order valence-electron chi connectivity index (χ3n) is 3.13. The van der Waals surface area contributed by atoms with Gasteiger partial charge >= 0.3 is 0 Å². The fraction of sp³-hybridized carbons (Fsp3) is 0.750. The lowest BCUT2D eigenvalue weighted by Crippen LogP contribution is -2.45. The summed E-state index contributed by atoms with van der Waals surface area (Å²) in [5, 5.41) is 10.1. The van der Waals surface area contributed by atoms with Gasteiger partial charge in [-0.2, -0.15) is 4.98 Å². The summed E-state index contributed by atoms with van der Waals surface area (Å²) in [7, 11) is 1.73. The third-order valence-corrected chi connectivity index (χ3v) is 3.13. The predicted molar refractivity (Wildman–Crippen MR) is 86.2 cm³/mol. The van der Waals surface area contributed by atoms with Crippen LogP contribution in [-0.4, -0.2) is 41.9 Å². The Bertz CT molecular complexity index is 443. The van der Waals surface area contributed by atoms with E-state index < -0.39 is 0 Å². The average Bonchev–Trinajstić information content (AvgIpc) is 2.99. The molecule has 2 heterocycles. The Hall–Kier alpha value is -0.900. The van der Waals surface area contributed by atoms with E-state index in [-0.39, 0.29) is 29.6 Å². The zero-order chi connectivity index (χ0) is 13.7. The smallest absolute Gasteiger partial charge is 0.246 e. The lowest BCUT2D eigenvalue weighted by molar-refractivity contribution is 0.0242. The second-order valence-corrected chi connectivity index (χ2v) is 4.92. The van der Waals surface area contributed by atoms with E-state index in [0.717, 1.165) is 26.0 Å². The number of hydrogen-bond acceptors (Lipinski definition) is 5. The van der Waals surface area contributed by atoms with Gasteiger partial charge in [0.25, 0.3) is 0 Å². The minimum absolute atomic E-state index is 0. The minimum Gasteiger partial charge on any atom is -0.373 e. The second kappa shape index (κ2) is 7.77. The van der Waals surface area contributed by atoms with Crippen LogP contribution in [0.15, 0.2) is 9.52 Å². The summed E-state index contributed by atoms with van der Waals surface area (Å²) in [4.78, 5) is 8.27. The summed E-state index contributed by atoms with van der Waals surface area (Å²) >= 11 is 0. The van der Waals surface area contributed by atoms with Crippen LogP contribution in [0, 0.1) is 6.92 Å². The van der Waals surface area contributed by atoms with Crippen LogP contribution in [0.3, 0.4) is 0 Å². The van der Waals surface area contributed by atoms with E-state index in [2.05, 4.69) is 32.7 Å². The number of rotatable bonds is 4. The molecule has 0 spiro atoms. The van der Waals surface area contributed by atoms with Crippen molar-refractivity contribution in [1.82, 2.24) is 20.8 Å². The first-order chi connectivity index (χ1) is 9.11. The summed E-state index contributed by atoms with van der Waals surface area (Å²) < 4.78 is 10.7. The highest BCUT2D eigenvalue weighted by Crippen LogP contribution is 2.23. The third kappa shape index (κ3) is 4.89. The molecular weight excluding hydrogens is 373 g/mol. The van der Waals surface area contributed by atoms with Crippen LogP contribution >= 0.6 is 24.0 Å². The molecule has 2 rings (SSSR count). The topological polar surface area (TPSA) is 84.6 Å². The van der Waals surface area contributed by atoms with Crippen molar-refractivity contribution in [2.45, 2.75) is 38.8 Å². The van der Waals surface area contributed by atoms with E-state index in [4.69, 9.17) is 9.26 Å². The molecule has 1 atom stereocenters. The highest BCUT2D eigenvalue weighted by Gasteiger charge is 2.29. The SMILES string of the molecule is CN=C(NCc1nc(C)no1)NCC1(C)CCCO1.I. The Morgan fingerprint density at radius 3 is 2.80 bits per heavy atom. The van der Waals surface area contributed by atoms with Crippen LogP contribution < -0.4 is 10.6 Å². The monoisotopic (exact) mass is 395 g/mol. The van der Waals surface area contributed by atoms with Crippen molar-refractivity contribution in [3.63, 3.8) is 0 Å². The fourth-order valence-electron chi connectivity index (χ4n) is 2.04. The molecule has 1 aromatic rings. The molecule has 1 unspecified atom stereocenters. The highest BCUT2D eigenvalue weighted by molar-refractivity contribution is 14.0. The number of aryl methyl sites for hydroxylation is 1. The Balaban J connectivity index is 0.00000200. The molecule has 1 fully saturated rings. The van der Waals surface area contributed by atoms with Gasteiger partial charge in [0, 0.05) is 20.2 Å².